The lowest BCUT2D eigenvalue weighted by Gasteiger charge is -2.04. The molecule has 0 aliphatic rings. The van der Waals surface area contributed by atoms with Crippen LogP contribution in [0.1, 0.15) is 16.1 Å². The zero-order chi connectivity index (χ0) is 12.3. The van der Waals surface area contributed by atoms with Crippen molar-refractivity contribution in [3.8, 4) is 0 Å². The van der Waals surface area contributed by atoms with Crippen LogP contribution in [0.25, 0.3) is 0 Å². The molecule has 0 saturated heterocycles. The number of thioether (sulfide) groups is 1. The molecule has 0 spiro atoms. The molecule has 0 saturated carbocycles. The van der Waals surface area contributed by atoms with Gasteiger partial charge in [0.15, 0.2) is 0 Å². The van der Waals surface area contributed by atoms with Crippen LogP contribution in [-0.4, -0.2) is 6.29 Å². The molecule has 2 rings (SSSR count). The summed E-state index contributed by atoms with van der Waals surface area (Å²) in [7, 11) is 0. The van der Waals surface area contributed by atoms with Gasteiger partial charge in [-0.2, -0.15) is 0 Å². The Balaban J connectivity index is 2.18. The van der Waals surface area contributed by atoms with Crippen molar-refractivity contribution < 1.29 is 18.0 Å². The van der Waals surface area contributed by atoms with Gasteiger partial charge in [0, 0.05) is 5.56 Å². The molecule has 17 heavy (non-hydrogen) atoms. The Morgan fingerprint density at radius 2 is 2.00 bits per heavy atom. The number of hydrogen-bond acceptors (Lipinski definition) is 3. The maximum absolute atomic E-state index is 13.5. The maximum Gasteiger partial charge on any atom is 0.150 e. The highest BCUT2D eigenvalue weighted by Gasteiger charge is 2.12. The fourth-order valence-corrected chi connectivity index (χ4v) is 2.17. The van der Waals surface area contributed by atoms with Gasteiger partial charge in [0.2, 0.25) is 0 Å². The van der Waals surface area contributed by atoms with Crippen LogP contribution in [0.2, 0.25) is 0 Å². The summed E-state index contributed by atoms with van der Waals surface area (Å²) in [6, 6.07) is 5.46. The highest BCUT2D eigenvalue weighted by Crippen LogP contribution is 2.29. The molecule has 5 heteroatoms. The Morgan fingerprint density at radius 3 is 2.53 bits per heavy atom. The van der Waals surface area contributed by atoms with Crippen molar-refractivity contribution in [1.29, 1.82) is 0 Å². The van der Waals surface area contributed by atoms with Gasteiger partial charge in [-0.05, 0) is 24.3 Å². The average molecular weight is 254 g/mol. The minimum atomic E-state index is -0.733. The summed E-state index contributed by atoms with van der Waals surface area (Å²) in [5.41, 5.74) is -0.0117. The van der Waals surface area contributed by atoms with E-state index in [0.717, 1.165) is 23.9 Å². The molecule has 0 N–H and O–H groups in total. The zero-order valence-corrected chi connectivity index (χ0v) is 9.47. The monoisotopic (exact) mass is 254 g/mol. The molecule has 0 aliphatic carbocycles. The van der Waals surface area contributed by atoms with Crippen molar-refractivity contribution in [1.82, 2.24) is 0 Å². The molecule has 1 heterocycles. The summed E-state index contributed by atoms with van der Waals surface area (Å²) in [5.74, 6) is -0.498. The number of halogens is 2. The first kappa shape index (κ1) is 11.9. The van der Waals surface area contributed by atoms with E-state index in [1.54, 1.807) is 12.1 Å². The van der Waals surface area contributed by atoms with Gasteiger partial charge in [-0.3, -0.25) is 4.79 Å². The fourth-order valence-electron chi connectivity index (χ4n) is 1.32. The van der Waals surface area contributed by atoms with Crippen molar-refractivity contribution in [2.75, 3.05) is 0 Å². The van der Waals surface area contributed by atoms with E-state index in [-0.39, 0.29) is 10.5 Å². The lowest BCUT2D eigenvalue weighted by molar-refractivity contribution is 0.112. The number of carbonyl (C=O) groups excluding carboxylic acids is 1. The predicted molar refractivity (Wildman–Crippen MR) is 60.0 cm³/mol. The van der Waals surface area contributed by atoms with E-state index in [9.17, 15) is 13.6 Å². The first-order valence-corrected chi connectivity index (χ1v) is 5.78. The zero-order valence-electron chi connectivity index (χ0n) is 8.65. The standard InChI is InChI=1S/C12H8F2O2S/c13-10-4-8(6-15)5-11(14)12(10)17-7-9-2-1-3-16-9/h1-6H,7H2. The molecule has 0 radical (unpaired) electrons. The van der Waals surface area contributed by atoms with Gasteiger partial charge in [-0.15, -0.1) is 11.8 Å². The first-order chi connectivity index (χ1) is 8.20. The van der Waals surface area contributed by atoms with Crippen molar-refractivity contribution in [2.24, 2.45) is 0 Å². The summed E-state index contributed by atoms with van der Waals surface area (Å²) in [5, 5.41) is 0. The van der Waals surface area contributed by atoms with E-state index in [2.05, 4.69) is 0 Å². The normalized spacial score (nSPS) is 10.5. The van der Waals surface area contributed by atoms with Crippen molar-refractivity contribution in [3.63, 3.8) is 0 Å². The summed E-state index contributed by atoms with van der Waals surface area (Å²) < 4.78 is 32.0. The van der Waals surface area contributed by atoms with Crippen molar-refractivity contribution in [2.45, 2.75) is 10.6 Å². The van der Waals surface area contributed by atoms with Crippen LogP contribution < -0.4 is 0 Å². The lowest BCUT2D eigenvalue weighted by Crippen LogP contribution is -1.92. The Hall–Kier alpha value is -1.62. The Labute approximate surface area is 101 Å². The third kappa shape index (κ3) is 2.74. The molecule has 1 aromatic heterocycles. The maximum atomic E-state index is 13.5. The number of hydrogen-bond donors (Lipinski definition) is 0. The Morgan fingerprint density at radius 1 is 1.29 bits per heavy atom. The lowest BCUT2D eigenvalue weighted by atomic mass is 10.2. The summed E-state index contributed by atoms with van der Waals surface area (Å²) in [4.78, 5) is 10.3. The van der Waals surface area contributed by atoms with Crippen molar-refractivity contribution >= 4 is 18.0 Å². The number of benzene rings is 1. The van der Waals surface area contributed by atoms with E-state index in [4.69, 9.17) is 4.42 Å². The largest absolute Gasteiger partial charge is 0.468 e. The fraction of sp³-hybridized carbons (Fsp3) is 0.0833. The van der Waals surface area contributed by atoms with Crippen LogP contribution in [0.4, 0.5) is 8.78 Å². The molecule has 0 aliphatic heterocycles. The second-order valence-corrected chi connectivity index (χ2v) is 4.29. The second kappa shape index (κ2) is 5.14. The van der Waals surface area contributed by atoms with E-state index < -0.39 is 11.6 Å². The molecule has 88 valence electrons. The molecule has 0 atom stereocenters. The van der Waals surface area contributed by atoms with Crippen LogP contribution >= 0.6 is 11.8 Å². The average Bonchev–Trinajstić information content (AvgIpc) is 2.80. The molecule has 0 fully saturated rings. The Kier molecular flexibility index (Phi) is 3.58. The minimum absolute atomic E-state index is 0.0117. The molecule has 0 unspecified atom stereocenters. The smallest absolute Gasteiger partial charge is 0.150 e. The number of rotatable bonds is 4. The molecule has 1 aromatic carbocycles. The van der Waals surface area contributed by atoms with Crippen LogP contribution in [0, 0.1) is 11.6 Å². The quantitative estimate of drug-likeness (QED) is 0.616. The molecule has 2 nitrogen and oxygen atoms in total. The van der Waals surface area contributed by atoms with Gasteiger partial charge in [-0.25, -0.2) is 8.78 Å². The molecular formula is C12H8F2O2S. The van der Waals surface area contributed by atoms with Crippen LogP contribution in [0.15, 0.2) is 39.8 Å². The summed E-state index contributed by atoms with van der Waals surface area (Å²) >= 11 is 0.991. The SMILES string of the molecule is O=Cc1cc(F)c(SCc2ccco2)c(F)c1. The molecule has 0 bridgehead atoms. The topological polar surface area (TPSA) is 30.2 Å². The third-order valence-corrected chi connectivity index (χ3v) is 3.20. The van der Waals surface area contributed by atoms with Gasteiger partial charge < -0.3 is 4.42 Å². The van der Waals surface area contributed by atoms with Gasteiger partial charge in [0.25, 0.3) is 0 Å². The highest BCUT2D eigenvalue weighted by molar-refractivity contribution is 7.98. The number of carbonyl (C=O) groups is 1. The summed E-state index contributed by atoms with van der Waals surface area (Å²) in [6.07, 6.45) is 1.91. The van der Waals surface area contributed by atoms with Crippen molar-refractivity contribution in [3.05, 3.63) is 53.5 Å². The van der Waals surface area contributed by atoms with Crippen LogP contribution in [0.3, 0.4) is 0 Å². The van der Waals surface area contributed by atoms with E-state index in [1.165, 1.54) is 6.26 Å². The first-order valence-electron chi connectivity index (χ1n) is 4.80. The number of aldehydes is 1. The Bertz CT molecular complexity index is 500. The minimum Gasteiger partial charge on any atom is -0.468 e. The van der Waals surface area contributed by atoms with Gasteiger partial charge in [0.05, 0.1) is 16.9 Å². The van der Waals surface area contributed by atoms with Gasteiger partial charge in [0.1, 0.15) is 23.7 Å². The van der Waals surface area contributed by atoms with E-state index in [1.807, 2.05) is 0 Å². The second-order valence-electron chi connectivity index (χ2n) is 3.30. The number of furan rings is 1. The summed E-state index contributed by atoms with van der Waals surface area (Å²) in [6.45, 7) is 0. The van der Waals surface area contributed by atoms with Crippen LogP contribution in [0.5, 0.6) is 0 Å². The van der Waals surface area contributed by atoms with Crippen LogP contribution in [-0.2, 0) is 5.75 Å². The molecule has 0 amide bonds. The third-order valence-electron chi connectivity index (χ3n) is 2.10. The molecular weight excluding hydrogens is 246 g/mol. The van der Waals surface area contributed by atoms with E-state index in [0.29, 0.717) is 17.8 Å². The predicted octanol–water partition coefficient (Wildman–Crippen LogP) is 3.66. The molecule has 2 aromatic rings. The van der Waals surface area contributed by atoms with Gasteiger partial charge >= 0.3 is 0 Å². The van der Waals surface area contributed by atoms with E-state index >= 15 is 0 Å². The highest BCUT2D eigenvalue weighted by atomic mass is 32.2. The van der Waals surface area contributed by atoms with Gasteiger partial charge in [-0.1, -0.05) is 0 Å².